The first kappa shape index (κ1) is 64.9. The molecule has 0 spiro atoms. The number of hydrogen-bond acceptors (Lipinski definition) is 11. The van der Waals surface area contributed by atoms with Gasteiger partial charge in [0.05, 0.1) is 6.61 Å². The Balaban J connectivity index is 2.77. The highest BCUT2D eigenvalue weighted by atomic mass is 16.7. The molecule has 1 rings (SSSR count). The van der Waals surface area contributed by atoms with Crippen molar-refractivity contribution in [2.75, 3.05) is 13.2 Å². The molecule has 404 valence electrons. The average Bonchev–Trinajstić information content (AvgIpc) is 3.35. The Bertz CT molecular complexity index is 1560. The highest BCUT2D eigenvalue weighted by Gasteiger charge is 2.50. The van der Waals surface area contributed by atoms with E-state index in [9.17, 15) is 34.5 Å². The average molecular weight is 997 g/mol. The lowest BCUT2D eigenvalue weighted by Gasteiger charge is -2.40. The van der Waals surface area contributed by atoms with Gasteiger partial charge in [0.25, 0.3) is 0 Å². The number of aliphatic hydroxyl groups excluding tert-OH is 2. The van der Waals surface area contributed by atoms with Crippen molar-refractivity contribution in [3.63, 3.8) is 0 Å². The molecule has 12 nitrogen and oxygen atoms in total. The minimum atomic E-state index is -1.92. The molecule has 0 aromatic carbocycles. The fourth-order valence-electron chi connectivity index (χ4n) is 7.81. The summed E-state index contributed by atoms with van der Waals surface area (Å²) in [5, 5.41) is 31.4. The Hall–Kier alpha value is -4.10. The molecule has 6 atom stereocenters. The summed E-state index contributed by atoms with van der Waals surface area (Å²) < 4.78 is 28.2. The van der Waals surface area contributed by atoms with E-state index < -0.39 is 67.3 Å². The number of carboxylic acids is 1. The van der Waals surface area contributed by atoms with Crippen LogP contribution in [0.15, 0.2) is 85.1 Å². The number of carbonyl (C=O) groups is 4. The quantitative estimate of drug-likeness (QED) is 0.0228. The van der Waals surface area contributed by atoms with Gasteiger partial charge in [0.15, 0.2) is 24.6 Å². The number of esters is 3. The smallest absolute Gasteiger partial charge is 0.335 e. The molecule has 1 aliphatic heterocycles. The van der Waals surface area contributed by atoms with Gasteiger partial charge >= 0.3 is 23.9 Å². The van der Waals surface area contributed by atoms with Crippen molar-refractivity contribution in [2.45, 2.75) is 250 Å². The monoisotopic (exact) mass is 997 g/mol. The summed E-state index contributed by atoms with van der Waals surface area (Å²) in [6.45, 7) is 5.67. The first-order valence-corrected chi connectivity index (χ1v) is 27.6. The number of allylic oxidation sites excluding steroid dienone is 14. The third-order valence-corrected chi connectivity index (χ3v) is 12.0. The molecule has 3 N–H and O–H groups in total. The summed E-state index contributed by atoms with van der Waals surface area (Å²) in [5.41, 5.74) is 0. The van der Waals surface area contributed by atoms with E-state index in [0.29, 0.717) is 25.7 Å². The third kappa shape index (κ3) is 37.3. The normalized spacial score (nSPS) is 19.1. The first-order valence-electron chi connectivity index (χ1n) is 27.6. The molecule has 12 heteroatoms. The fraction of sp³-hybridized carbons (Fsp3) is 0.695. The molecule has 0 aromatic heterocycles. The van der Waals surface area contributed by atoms with Crippen molar-refractivity contribution in [3.8, 4) is 0 Å². The van der Waals surface area contributed by atoms with Crippen LogP contribution in [0.25, 0.3) is 0 Å². The second kappa shape index (κ2) is 46.9. The minimum Gasteiger partial charge on any atom is -0.479 e. The van der Waals surface area contributed by atoms with E-state index in [1.165, 1.54) is 70.6 Å². The fourth-order valence-corrected chi connectivity index (χ4v) is 7.81. The number of hydrogen-bond donors (Lipinski definition) is 3. The SMILES string of the molecule is CC/C=C\C/C=C\C/C=C\C/C=C\CCC(=O)OC(COC(=O)CCCCCCCCCCCCCCCCC)COC1OC(C(=O)O)C(O)C(O)C1OC(=O)CCCCC/C=C\C/C=C\C/C=C\CC. The molecule has 0 amide bonds. The van der Waals surface area contributed by atoms with Gasteiger partial charge < -0.3 is 39.0 Å². The molecule has 0 aromatic rings. The number of carbonyl (C=O) groups excluding carboxylic acids is 3. The Labute approximate surface area is 429 Å². The topological polar surface area (TPSA) is 175 Å². The number of aliphatic hydroxyl groups is 2. The second-order valence-corrected chi connectivity index (χ2v) is 18.5. The van der Waals surface area contributed by atoms with Crippen molar-refractivity contribution in [2.24, 2.45) is 0 Å². The van der Waals surface area contributed by atoms with Crippen LogP contribution >= 0.6 is 0 Å². The van der Waals surface area contributed by atoms with Gasteiger partial charge in [0, 0.05) is 19.3 Å². The maximum absolute atomic E-state index is 13.1. The van der Waals surface area contributed by atoms with Gasteiger partial charge in [-0.1, -0.05) is 202 Å². The molecule has 6 unspecified atom stereocenters. The zero-order valence-corrected chi connectivity index (χ0v) is 44.2. The molecule has 1 heterocycles. The van der Waals surface area contributed by atoms with Crippen LogP contribution in [0.3, 0.4) is 0 Å². The molecular weight excluding hydrogens is 901 g/mol. The molecule has 1 fully saturated rings. The van der Waals surface area contributed by atoms with Gasteiger partial charge in [0.1, 0.15) is 18.8 Å². The number of unbranched alkanes of at least 4 members (excludes halogenated alkanes) is 17. The summed E-state index contributed by atoms with van der Waals surface area (Å²) in [6.07, 6.45) is 47.3. The van der Waals surface area contributed by atoms with Crippen LogP contribution in [0.5, 0.6) is 0 Å². The van der Waals surface area contributed by atoms with Gasteiger partial charge in [-0.3, -0.25) is 14.4 Å². The standard InChI is InChI=1S/C59H96O12/c1-4-7-10-13-16-19-22-25-26-29-30-33-36-39-42-45-51(60)67-48-50(69-52(61)46-43-40-37-34-31-27-23-20-17-14-11-8-5-2)49-68-59-57(55(64)54(63)56(71-59)58(65)66)70-53(62)47-44-41-38-35-32-28-24-21-18-15-12-9-6-3/h8-9,11-12,17-18,20-21,27-28,31-32,37,40,50,54-57,59,63-64H,4-7,10,13-16,19,22-26,29-30,33-36,38-39,41-49H2,1-3H3,(H,65,66)/b11-8-,12-9-,20-17-,21-18-,31-27-,32-28-,40-37-. The molecule has 0 saturated carbocycles. The van der Waals surface area contributed by atoms with E-state index in [2.05, 4.69) is 93.7 Å². The molecule has 0 bridgehead atoms. The van der Waals surface area contributed by atoms with E-state index >= 15 is 0 Å². The number of rotatable bonds is 45. The van der Waals surface area contributed by atoms with Crippen molar-refractivity contribution < 1.29 is 58.2 Å². The van der Waals surface area contributed by atoms with E-state index in [-0.39, 0.29) is 25.9 Å². The minimum absolute atomic E-state index is 0.0148. The summed E-state index contributed by atoms with van der Waals surface area (Å²) in [6, 6.07) is 0. The molecule has 71 heavy (non-hydrogen) atoms. The summed E-state index contributed by atoms with van der Waals surface area (Å²) in [5.74, 6) is -3.27. The number of ether oxygens (including phenoxy) is 5. The lowest BCUT2D eigenvalue weighted by molar-refractivity contribution is -0.301. The lowest BCUT2D eigenvalue weighted by atomic mass is 9.98. The Morgan fingerprint density at radius 1 is 0.479 bits per heavy atom. The summed E-state index contributed by atoms with van der Waals surface area (Å²) in [7, 11) is 0. The molecule has 1 aliphatic rings. The lowest BCUT2D eigenvalue weighted by Crippen LogP contribution is -2.61. The second-order valence-electron chi connectivity index (χ2n) is 18.5. The van der Waals surface area contributed by atoms with E-state index in [4.69, 9.17) is 23.7 Å². The third-order valence-electron chi connectivity index (χ3n) is 12.0. The number of aliphatic carboxylic acids is 1. The summed E-state index contributed by atoms with van der Waals surface area (Å²) >= 11 is 0. The Morgan fingerprint density at radius 2 is 0.915 bits per heavy atom. The molecule has 0 aliphatic carbocycles. The van der Waals surface area contributed by atoms with Crippen LogP contribution in [-0.2, 0) is 42.9 Å². The summed E-state index contributed by atoms with van der Waals surface area (Å²) in [4.78, 5) is 50.9. The maximum Gasteiger partial charge on any atom is 0.335 e. The zero-order chi connectivity index (χ0) is 51.8. The van der Waals surface area contributed by atoms with Gasteiger partial charge in [0.2, 0.25) is 0 Å². The highest BCUT2D eigenvalue weighted by Crippen LogP contribution is 2.26. The molecule has 0 radical (unpaired) electrons. The van der Waals surface area contributed by atoms with E-state index in [1.54, 1.807) is 0 Å². The van der Waals surface area contributed by atoms with Crippen molar-refractivity contribution in [3.05, 3.63) is 85.1 Å². The Morgan fingerprint density at radius 3 is 1.41 bits per heavy atom. The van der Waals surface area contributed by atoms with E-state index in [0.717, 1.165) is 77.0 Å². The van der Waals surface area contributed by atoms with Crippen LogP contribution in [0.4, 0.5) is 0 Å². The maximum atomic E-state index is 13.1. The molecule has 1 saturated heterocycles. The van der Waals surface area contributed by atoms with Crippen LogP contribution in [-0.4, -0.2) is 89.2 Å². The zero-order valence-electron chi connectivity index (χ0n) is 44.2. The first-order chi connectivity index (χ1) is 34.6. The van der Waals surface area contributed by atoms with Crippen LogP contribution < -0.4 is 0 Å². The highest BCUT2D eigenvalue weighted by molar-refractivity contribution is 5.74. The van der Waals surface area contributed by atoms with Crippen LogP contribution in [0.2, 0.25) is 0 Å². The predicted octanol–water partition coefficient (Wildman–Crippen LogP) is 13.6. The van der Waals surface area contributed by atoms with Gasteiger partial charge in [-0.05, 0) is 77.0 Å². The van der Waals surface area contributed by atoms with Gasteiger partial charge in [-0.15, -0.1) is 0 Å². The van der Waals surface area contributed by atoms with E-state index in [1.807, 2.05) is 12.2 Å². The predicted molar refractivity (Wildman–Crippen MR) is 284 cm³/mol. The van der Waals surface area contributed by atoms with Crippen LogP contribution in [0, 0.1) is 0 Å². The Kier molecular flexibility index (Phi) is 42.9. The number of carboxylic acid groups (broad SMARTS) is 1. The van der Waals surface area contributed by atoms with Crippen molar-refractivity contribution >= 4 is 23.9 Å². The van der Waals surface area contributed by atoms with Crippen molar-refractivity contribution in [1.29, 1.82) is 0 Å². The van der Waals surface area contributed by atoms with Gasteiger partial charge in [-0.2, -0.15) is 0 Å². The van der Waals surface area contributed by atoms with Crippen molar-refractivity contribution in [1.82, 2.24) is 0 Å². The molecular formula is C59H96O12. The van der Waals surface area contributed by atoms with Crippen LogP contribution in [0.1, 0.15) is 213 Å². The van der Waals surface area contributed by atoms with Gasteiger partial charge in [-0.25, -0.2) is 4.79 Å². The largest absolute Gasteiger partial charge is 0.479 e.